The zero-order valence-corrected chi connectivity index (χ0v) is 16.6. The number of aromatic nitrogens is 2. The third-order valence-corrected chi connectivity index (χ3v) is 5.23. The van der Waals surface area contributed by atoms with Crippen LogP contribution in [0.1, 0.15) is 23.1 Å². The number of halogens is 2. The summed E-state index contributed by atoms with van der Waals surface area (Å²) in [5.41, 5.74) is 3.56. The maximum Gasteiger partial charge on any atom is 0.249 e. The number of hydrogen-bond donors (Lipinski definition) is 1. The van der Waals surface area contributed by atoms with Crippen molar-refractivity contribution >= 4 is 28.9 Å². The average molecular weight is 410 g/mol. The molecule has 4 aromatic rings. The molecule has 0 saturated heterocycles. The van der Waals surface area contributed by atoms with Gasteiger partial charge in [-0.05, 0) is 42.3 Å². The predicted octanol–water partition coefficient (Wildman–Crippen LogP) is 6.55. The first kappa shape index (κ1) is 18.5. The summed E-state index contributed by atoms with van der Waals surface area (Å²) in [6.45, 7) is 1.97. The summed E-state index contributed by atoms with van der Waals surface area (Å²) in [4.78, 5) is 0. The van der Waals surface area contributed by atoms with Gasteiger partial charge in [-0.25, -0.2) is 0 Å². The van der Waals surface area contributed by atoms with Gasteiger partial charge in [0.15, 0.2) is 0 Å². The lowest BCUT2D eigenvalue weighted by molar-refractivity contribution is 0.494. The first-order valence-electron chi connectivity index (χ1n) is 8.78. The lowest BCUT2D eigenvalue weighted by atomic mass is 10.1. The number of nitrogens with one attached hydrogen (secondary N) is 1. The molecule has 0 fully saturated rings. The van der Waals surface area contributed by atoms with Gasteiger partial charge in [0.1, 0.15) is 6.04 Å². The molecule has 1 N–H and O–H groups in total. The van der Waals surface area contributed by atoms with Crippen LogP contribution in [-0.4, -0.2) is 10.2 Å². The zero-order chi connectivity index (χ0) is 19.5. The summed E-state index contributed by atoms with van der Waals surface area (Å²) < 4.78 is 6.01. The molecule has 1 aromatic heterocycles. The van der Waals surface area contributed by atoms with Gasteiger partial charge < -0.3 is 9.73 Å². The third kappa shape index (κ3) is 3.75. The summed E-state index contributed by atoms with van der Waals surface area (Å²) in [5, 5.41) is 13.2. The van der Waals surface area contributed by atoms with E-state index < -0.39 is 0 Å². The van der Waals surface area contributed by atoms with Crippen LogP contribution in [0.25, 0.3) is 11.5 Å². The summed E-state index contributed by atoms with van der Waals surface area (Å²) in [6.07, 6.45) is 0. The van der Waals surface area contributed by atoms with E-state index in [4.69, 9.17) is 27.6 Å². The molecule has 0 spiro atoms. The fourth-order valence-electron chi connectivity index (χ4n) is 2.95. The van der Waals surface area contributed by atoms with Gasteiger partial charge in [0.2, 0.25) is 11.8 Å². The van der Waals surface area contributed by atoms with Crippen molar-refractivity contribution in [1.29, 1.82) is 0 Å². The van der Waals surface area contributed by atoms with Gasteiger partial charge in [0.25, 0.3) is 0 Å². The summed E-state index contributed by atoms with van der Waals surface area (Å²) in [7, 11) is 0. The lowest BCUT2D eigenvalue weighted by Gasteiger charge is -2.19. The van der Waals surface area contributed by atoms with E-state index >= 15 is 0 Å². The number of rotatable bonds is 5. The maximum atomic E-state index is 6.28. The van der Waals surface area contributed by atoms with Crippen molar-refractivity contribution in [3.8, 4) is 11.5 Å². The van der Waals surface area contributed by atoms with Gasteiger partial charge in [-0.1, -0.05) is 71.7 Å². The van der Waals surface area contributed by atoms with Crippen molar-refractivity contribution in [1.82, 2.24) is 10.2 Å². The first-order chi connectivity index (χ1) is 13.6. The van der Waals surface area contributed by atoms with Crippen molar-refractivity contribution in [2.45, 2.75) is 13.0 Å². The second-order valence-electron chi connectivity index (χ2n) is 6.33. The minimum atomic E-state index is -0.331. The van der Waals surface area contributed by atoms with Crippen LogP contribution in [0, 0.1) is 6.92 Å². The van der Waals surface area contributed by atoms with Crippen molar-refractivity contribution < 1.29 is 4.42 Å². The molecule has 1 heterocycles. The molecule has 1 atom stereocenters. The molecule has 4 nitrogen and oxygen atoms in total. The minimum absolute atomic E-state index is 0.331. The summed E-state index contributed by atoms with van der Waals surface area (Å²) >= 11 is 12.6. The third-order valence-electron chi connectivity index (χ3n) is 4.49. The van der Waals surface area contributed by atoms with E-state index in [1.54, 1.807) is 6.07 Å². The van der Waals surface area contributed by atoms with Gasteiger partial charge in [0, 0.05) is 10.7 Å². The molecule has 0 aliphatic heterocycles. The number of anilines is 1. The summed E-state index contributed by atoms with van der Waals surface area (Å²) in [5.74, 6) is 0.826. The van der Waals surface area contributed by atoms with Gasteiger partial charge >= 0.3 is 0 Å². The Bertz CT molecular complexity index is 1100. The Kier molecular flexibility index (Phi) is 5.33. The highest BCUT2D eigenvalue weighted by molar-refractivity contribution is 6.33. The number of hydrogen-bond acceptors (Lipinski definition) is 4. The van der Waals surface area contributed by atoms with Crippen LogP contribution in [0.15, 0.2) is 77.2 Å². The van der Waals surface area contributed by atoms with Crippen LogP contribution < -0.4 is 5.32 Å². The van der Waals surface area contributed by atoms with Crippen LogP contribution in [0.2, 0.25) is 10.0 Å². The SMILES string of the molecule is Cc1c(Cl)cccc1N[C@H](c1ccccc1)c1nnc(-c2ccccc2Cl)o1. The Morgan fingerprint density at radius 1 is 0.821 bits per heavy atom. The highest BCUT2D eigenvalue weighted by atomic mass is 35.5. The van der Waals surface area contributed by atoms with Crippen molar-refractivity contribution in [2.75, 3.05) is 5.32 Å². The van der Waals surface area contributed by atoms with Crippen LogP contribution in [0.4, 0.5) is 5.69 Å². The minimum Gasteiger partial charge on any atom is -0.418 e. The largest absolute Gasteiger partial charge is 0.418 e. The summed E-state index contributed by atoms with van der Waals surface area (Å²) in [6, 6.07) is 22.7. The van der Waals surface area contributed by atoms with Gasteiger partial charge in [-0.2, -0.15) is 0 Å². The average Bonchev–Trinajstić information content (AvgIpc) is 3.20. The second kappa shape index (κ2) is 8.05. The molecule has 4 rings (SSSR count). The van der Waals surface area contributed by atoms with E-state index in [0.29, 0.717) is 27.4 Å². The molecule has 6 heteroatoms. The molecule has 140 valence electrons. The van der Waals surface area contributed by atoms with Crippen LogP contribution in [0.5, 0.6) is 0 Å². The van der Waals surface area contributed by atoms with Crippen molar-refractivity contribution in [3.63, 3.8) is 0 Å². The monoisotopic (exact) mass is 409 g/mol. The molecule has 0 bridgehead atoms. The van der Waals surface area contributed by atoms with E-state index in [0.717, 1.165) is 16.8 Å². The molecule has 0 aliphatic rings. The van der Waals surface area contributed by atoms with Gasteiger partial charge in [-0.15, -0.1) is 10.2 Å². The highest BCUT2D eigenvalue weighted by Gasteiger charge is 2.23. The molecule has 28 heavy (non-hydrogen) atoms. The Labute approximate surface area is 173 Å². The maximum absolute atomic E-state index is 6.28. The number of nitrogens with zero attached hydrogens (tertiary/aromatic N) is 2. The second-order valence-corrected chi connectivity index (χ2v) is 7.14. The molecule has 0 aliphatic carbocycles. The Morgan fingerprint density at radius 3 is 2.32 bits per heavy atom. The Balaban J connectivity index is 1.75. The van der Waals surface area contributed by atoms with Crippen molar-refractivity contribution in [2.24, 2.45) is 0 Å². The van der Waals surface area contributed by atoms with Crippen LogP contribution in [0.3, 0.4) is 0 Å². The molecular formula is C22H17Cl2N3O. The number of benzene rings is 3. The molecule has 0 saturated carbocycles. The topological polar surface area (TPSA) is 51.0 Å². The molecule has 3 aromatic carbocycles. The van der Waals surface area contributed by atoms with Crippen LogP contribution in [-0.2, 0) is 0 Å². The van der Waals surface area contributed by atoms with E-state index in [1.807, 2.05) is 73.7 Å². The first-order valence-corrected chi connectivity index (χ1v) is 9.54. The smallest absolute Gasteiger partial charge is 0.249 e. The van der Waals surface area contributed by atoms with Crippen molar-refractivity contribution in [3.05, 3.63) is 99.9 Å². The predicted molar refractivity (Wildman–Crippen MR) is 113 cm³/mol. The van der Waals surface area contributed by atoms with E-state index in [9.17, 15) is 0 Å². The van der Waals surface area contributed by atoms with E-state index in [1.165, 1.54) is 0 Å². The Morgan fingerprint density at radius 2 is 1.54 bits per heavy atom. The highest BCUT2D eigenvalue weighted by Crippen LogP contribution is 2.33. The molecular weight excluding hydrogens is 393 g/mol. The van der Waals surface area contributed by atoms with E-state index in [-0.39, 0.29) is 6.04 Å². The van der Waals surface area contributed by atoms with Crippen LogP contribution >= 0.6 is 23.2 Å². The quantitative estimate of drug-likeness (QED) is 0.405. The lowest BCUT2D eigenvalue weighted by Crippen LogP contribution is -2.13. The van der Waals surface area contributed by atoms with E-state index in [2.05, 4.69) is 15.5 Å². The molecule has 0 amide bonds. The Hall–Kier alpha value is -2.82. The normalized spacial score (nSPS) is 12.0. The zero-order valence-electron chi connectivity index (χ0n) is 15.1. The standard InChI is InChI=1S/C22H17Cl2N3O/c1-14-17(23)12-7-13-19(14)25-20(15-8-3-2-4-9-15)22-27-26-21(28-22)16-10-5-6-11-18(16)24/h2-13,20,25H,1H3/t20-/m1/s1. The molecule has 0 radical (unpaired) electrons. The van der Waals surface area contributed by atoms with Gasteiger partial charge in [-0.3, -0.25) is 0 Å². The molecule has 0 unspecified atom stereocenters. The fraction of sp³-hybridized carbons (Fsp3) is 0.0909. The van der Waals surface area contributed by atoms with Gasteiger partial charge in [0.05, 0.1) is 10.6 Å². The fourth-order valence-corrected chi connectivity index (χ4v) is 3.34.